The molecule has 2 saturated heterocycles. The van der Waals surface area contributed by atoms with E-state index in [9.17, 15) is 9.90 Å². The van der Waals surface area contributed by atoms with E-state index in [1.54, 1.807) is 12.4 Å². The second-order valence-corrected chi connectivity index (χ2v) is 10.4. The number of hydrogen-bond acceptors (Lipinski definition) is 11. The molecule has 0 amide bonds. The second-order valence-electron chi connectivity index (χ2n) is 10.4. The van der Waals surface area contributed by atoms with Crippen LogP contribution >= 0.6 is 0 Å². The number of likely N-dealkylation sites (tertiary alicyclic amines) is 1. The monoisotopic (exact) mass is 480 g/mol. The molecule has 0 aromatic carbocycles. The van der Waals surface area contributed by atoms with Gasteiger partial charge in [0, 0.05) is 62.3 Å². The summed E-state index contributed by atoms with van der Waals surface area (Å²) in [4.78, 5) is 36.8. The summed E-state index contributed by atoms with van der Waals surface area (Å²) in [5.41, 5.74) is 7.16. The number of morpholine rings is 1. The summed E-state index contributed by atoms with van der Waals surface area (Å²) in [5, 5.41) is 10.6. The van der Waals surface area contributed by atoms with Gasteiger partial charge in [0.1, 0.15) is 11.4 Å². The van der Waals surface area contributed by atoms with E-state index >= 15 is 0 Å². The molecule has 3 fully saturated rings. The Morgan fingerprint density at radius 1 is 1.14 bits per heavy atom. The topological polar surface area (TPSA) is 134 Å². The maximum absolute atomic E-state index is 11.5. The Bertz CT molecular complexity index is 1120. The molecule has 0 bridgehead atoms. The van der Waals surface area contributed by atoms with E-state index in [1.807, 2.05) is 0 Å². The van der Waals surface area contributed by atoms with Crippen LogP contribution < -0.4 is 15.5 Å². The van der Waals surface area contributed by atoms with Gasteiger partial charge in [-0.05, 0) is 32.6 Å². The molecule has 186 valence electrons. The van der Waals surface area contributed by atoms with Crippen molar-refractivity contribution in [2.24, 2.45) is 0 Å². The Balaban J connectivity index is 1.36. The summed E-state index contributed by atoms with van der Waals surface area (Å²) in [6.07, 6.45) is 7.35. The number of aliphatic hydroxyl groups is 1. The minimum Gasteiger partial charge on any atom is -0.381 e. The number of nitrogens with two attached hydrogens (primary N) is 1. The molecule has 3 atom stereocenters. The smallest absolute Gasteiger partial charge is 0.228 e. The number of carbonyl (C=O) groups is 1. The maximum atomic E-state index is 11.5. The lowest BCUT2D eigenvalue weighted by Crippen LogP contribution is -2.62. The highest BCUT2D eigenvalue weighted by atomic mass is 16.5. The Morgan fingerprint density at radius 2 is 1.91 bits per heavy atom. The number of nitrogens with zero attached hydrogens (tertiary/aromatic N) is 7. The van der Waals surface area contributed by atoms with E-state index in [-0.39, 0.29) is 17.5 Å². The number of carbonyl (C=O) groups excluding carboxylic acids is 1. The first-order valence-electron chi connectivity index (χ1n) is 12.4. The van der Waals surface area contributed by atoms with Crippen LogP contribution in [0.2, 0.25) is 0 Å². The Hall–Kier alpha value is -2.89. The molecule has 35 heavy (non-hydrogen) atoms. The third-order valence-electron chi connectivity index (χ3n) is 8.23. The first-order chi connectivity index (χ1) is 16.9. The van der Waals surface area contributed by atoms with Crippen LogP contribution in [0.5, 0.6) is 0 Å². The molecule has 0 radical (unpaired) electrons. The van der Waals surface area contributed by atoms with Crippen molar-refractivity contribution in [3.8, 4) is 11.3 Å². The summed E-state index contributed by atoms with van der Waals surface area (Å²) >= 11 is 0. The lowest BCUT2D eigenvalue weighted by Gasteiger charge is -2.47. The highest BCUT2D eigenvalue weighted by molar-refractivity contribution is 5.73. The fourth-order valence-electron chi connectivity index (χ4n) is 6.04. The normalized spacial score (nSPS) is 30.9. The van der Waals surface area contributed by atoms with Crippen molar-refractivity contribution < 1.29 is 14.6 Å². The Morgan fingerprint density at radius 3 is 2.60 bits per heavy atom. The van der Waals surface area contributed by atoms with Gasteiger partial charge in [0.15, 0.2) is 6.29 Å². The van der Waals surface area contributed by atoms with E-state index in [1.165, 1.54) is 0 Å². The minimum atomic E-state index is -1.21. The number of aldehydes is 1. The van der Waals surface area contributed by atoms with Gasteiger partial charge in [-0.25, -0.2) is 15.0 Å². The zero-order valence-electron chi connectivity index (χ0n) is 20.1. The summed E-state index contributed by atoms with van der Waals surface area (Å²) < 4.78 is 5.54. The molecule has 1 saturated carbocycles. The molecule has 3 N–H and O–H groups in total. The van der Waals surface area contributed by atoms with Crippen LogP contribution in [0.15, 0.2) is 12.4 Å². The van der Waals surface area contributed by atoms with Gasteiger partial charge < -0.3 is 30.2 Å². The number of aromatic nitrogens is 4. The zero-order chi connectivity index (χ0) is 24.2. The minimum absolute atomic E-state index is 0.0966. The molecular formula is C24H32N8O3. The summed E-state index contributed by atoms with van der Waals surface area (Å²) in [7, 11) is 0. The Labute approximate surface area is 204 Å². The average molecular weight is 481 g/mol. The van der Waals surface area contributed by atoms with Crippen LogP contribution in [0, 0.1) is 0 Å². The molecule has 11 heteroatoms. The highest BCUT2D eigenvalue weighted by Gasteiger charge is 2.53. The Kier molecular flexibility index (Phi) is 5.39. The number of ether oxygens (including phenoxy) is 1. The maximum Gasteiger partial charge on any atom is 0.228 e. The molecule has 1 aliphatic carbocycles. The standard InChI is InChI=1S/C24H32N8O3/c1-23(5-7-31(14-23)18-2-4-24(18,34)15-33)32-6-3-17-19(16-12-26-21(25)27-13-16)28-22(29-20(17)32)30-8-10-35-11-9-30/h12-13,15,18,34H,2-11,14H2,1H3,(H2,25,26,27)/t18?,23-,24?/m0/s1. The van der Waals surface area contributed by atoms with E-state index in [0.29, 0.717) is 25.6 Å². The van der Waals surface area contributed by atoms with Crippen LogP contribution in [0.4, 0.5) is 17.7 Å². The summed E-state index contributed by atoms with van der Waals surface area (Å²) in [6.45, 7) is 7.53. The average Bonchev–Trinajstić information content (AvgIpc) is 3.48. The van der Waals surface area contributed by atoms with Crippen molar-refractivity contribution in [1.29, 1.82) is 0 Å². The zero-order valence-corrected chi connectivity index (χ0v) is 20.1. The third kappa shape index (κ3) is 3.73. The summed E-state index contributed by atoms with van der Waals surface area (Å²) in [5.74, 6) is 1.88. The van der Waals surface area contributed by atoms with Gasteiger partial charge >= 0.3 is 0 Å². The second kappa shape index (κ2) is 8.35. The van der Waals surface area contributed by atoms with E-state index < -0.39 is 5.60 Å². The van der Waals surface area contributed by atoms with Crippen molar-refractivity contribution >= 4 is 24.0 Å². The van der Waals surface area contributed by atoms with Gasteiger partial charge in [-0.2, -0.15) is 4.98 Å². The van der Waals surface area contributed by atoms with Crippen LogP contribution in [0.1, 0.15) is 31.7 Å². The van der Waals surface area contributed by atoms with Crippen molar-refractivity contribution in [3.63, 3.8) is 0 Å². The van der Waals surface area contributed by atoms with E-state index in [4.69, 9.17) is 20.4 Å². The first kappa shape index (κ1) is 22.6. The molecular weight excluding hydrogens is 448 g/mol. The van der Waals surface area contributed by atoms with Gasteiger partial charge in [-0.1, -0.05) is 0 Å². The van der Waals surface area contributed by atoms with Crippen LogP contribution in [0.3, 0.4) is 0 Å². The molecule has 0 spiro atoms. The van der Waals surface area contributed by atoms with Crippen molar-refractivity contribution in [2.45, 2.75) is 49.8 Å². The number of anilines is 3. The van der Waals surface area contributed by atoms with Crippen LogP contribution in [-0.4, -0.2) is 99.3 Å². The van der Waals surface area contributed by atoms with Gasteiger partial charge in [0.05, 0.1) is 24.4 Å². The third-order valence-corrected chi connectivity index (χ3v) is 8.23. The van der Waals surface area contributed by atoms with E-state index in [0.717, 1.165) is 80.9 Å². The molecule has 2 aromatic rings. The van der Waals surface area contributed by atoms with Gasteiger partial charge in [-0.15, -0.1) is 0 Å². The van der Waals surface area contributed by atoms with Gasteiger partial charge in [0.25, 0.3) is 0 Å². The highest BCUT2D eigenvalue weighted by Crippen LogP contribution is 2.44. The quantitative estimate of drug-likeness (QED) is 0.571. The largest absolute Gasteiger partial charge is 0.381 e. The molecule has 5 heterocycles. The summed E-state index contributed by atoms with van der Waals surface area (Å²) in [6, 6.07) is -0.0966. The molecule has 2 aromatic heterocycles. The molecule has 11 nitrogen and oxygen atoms in total. The predicted octanol–water partition coefficient (Wildman–Crippen LogP) is 0.272. The number of hydrogen-bond donors (Lipinski definition) is 2. The van der Waals surface area contributed by atoms with Crippen molar-refractivity contribution in [1.82, 2.24) is 24.8 Å². The van der Waals surface area contributed by atoms with Crippen molar-refractivity contribution in [3.05, 3.63) is 18.0 Å². The molecule has 4 aliphatic rings. The van der Waals surface area contributed by atoms with Gasteiger partial charge in [-0.3, -0.25) is 4.90 Å². The lowest BCUT2D eigenvalue weighted by atomic mass is 9.75. The lowest BCUT2D eigenvalue weighted by molar-refractivity contribution is -0.147. The molecule has 3 aliphatic heterocycles. The van der Waals surface area contributed by atoms with E-state index in [2.05, 4.69) is 31.6 Å². The number of fused-ring (bicyclic) bond motifs is 1. The SMILES string of the molecule is C[C@]1(N2CCc3c(-c4cnc(N)nc4)nc(N4CCOCC4)nc32)CCN(C2CCC2(O)C=O)C1. The number of nitrogen functional groups attached to an aromatic ring is 1. The number of rotatable bonds is 5. The first-order valence-corrected chi connectivity index (χ1v) is 12.4. The van der Waals surface area contributed by atoms with Gasteiger partial charge in [0.2, 0.25) is 11.9 Å². The fraction of sp³-hybridized carbons (Fsp3) is 0.625. The molecule has 2 unspecified atom stereocenters. The van der Waals surface area contributed by atoms with Crippen LogP contribution in [-0.2, 0) is 16.0 Å². The van der Waals surface area contributed by atoms with Crippen LogP contribution in [0.25, 0.3) is 11.3 Å². The van der Waals surface area contributed by atoms with Crippen molar-refractivity contribution in [2.75, 3.05) is 61.5 Å². The predicted molar refractivity (Wildman–Crippen MR) is 130 cm³/mol. The fourth-order valence-corrected chi connectivity index (χ4v) is 6.04. The molecule has 6 rings (SSSR count).